The van der Waals surface area contributed by atoms with Crippen LogP contribution in [0.4, 0.5) is 8.78 Å². The summed E-state index contributed by atoms with van der Waals surface area (Å²) in [6.45, 7) is 3.02. The number of hydrogen-bond donors (Lipinski definition) is 1. The van der Waals surface area contributed by atoms with Gasteiger partial charge in [-0.2, -0.15) is 4.39 Å². The first-order valence-corrected chi connectivity index (χ1v) is 4.95. The van der Waals surface area contributed by atoms with Gasteiger partial charge in [0.1, 0.15) is 6.67 Å². The van der Waals surface area contributed by atoms with Crippen molar-refractivity contribution in [2.24, 2.45) is 0 Å². The highest BCUT2D eigenvalue weighted by Crippen LogP contribution is 2.24. The first-order chi connectivity index (χ1) is 7.56. The van der Waals surface area contributed by atoms with Crippen molar-refractivity contribution >= 4 is 5.57 Å². The van der Waals surface area contributed by atoms with Crippen molar-refractivity contribution in [1.29, 1.82) is 0 Å². The van der Waals surface area contributed by atoms with Crippen LogP contribution in [0.5, 0.6) is 0 Å². The van der Waals surface area contributed by atoms with Gasteiger partial charge in [0.05, 0.1) is 0 Å². The second-order valence-electron chi connectivity index (χ2n) is 3.55. The molecule has 0 saturated heterocycles. The van der Waals surface area contributed by atoms with E-state index in [1.807, 2.05) is 32.0 Å². The molecular weight excluding hydrogens is 210 g/mol. The normalized spacial score (nSPS) is 13.0. The third-order valence-electron chi connectivity index (χ3n) is 2.34. The van der Waals surface area contributed by atoms with Gasteiger partial charge in [0.25, 0.3) is 6.01 Å². The van der Waals surface area contributed by atoms with Gasteiger partial charge in [-0.3, -0.25) is 0 Å². The number of halogens is 2. The van der Waals surface area contributed by atoms with E-state index < -0.39 is 12.7 Å². The Hall–Kier alpha value is -1.64. The number of aliphatic hydroxyl groups excluding tert-OH is 1. The van der Waals surface area contributed by atoms with Crippen LogP contribution in [0.1, 0.15) is 16.7 Å². The molecule has 0 bridgehead atoms. The lowest BCUT2D eigenvalue weighted by atomic mass is 9.95. The Balaban J connectivity index is 3.33. The average molecular weight is 224 g/mol. The molecule has 0 aliphatic carbocycles. The molecule has 1 aromatic carbocycles. The molecule has 1 nitrogen and oxygen atoms in total. The number of rotatable bonds is 3. The van der Waals surface area contributed by atoms with Crippen LogP contribution >= 0.6 is 0 Å². The van der Waals surface area contributed by atoms with Crippen LogP contribution in [0.3, 0.4) is 0 Å². The summed E-state index contributed by atoms with van der Waals surface area (Å²) in [6, 6.07) is 4.28. The highest BCUT2D eigenvalue weighted by molar-refractivity contribution is 5.78. The molecule has 0 spiro atoms. The minimum absolute atomic E-state index is 0.359. The lowest BCUT2D eigenvalue weighted by Crippen LogP contribution is -1.92. The Labute approximate surface area is 93.7 Å². The van der Waals surface area contributed by atoms with Crippen molar-refractivity contribution < 1.29 is 13.9 Å². The number of hydrogen-bond acceptors (Lipinski definition) is 1. The topological polar surface area (TPSA) is 20.2 Å². The Morgan fingerprint density at radius 2 is 1.88 bits per heavy atom. The summed E-state index contributed by atoms with van der Waals surface area (Å²) in [5.74, 6) is 0. The first kappa shape index (κ1) is 12.4. The van der Waals surface area contributed by atoms with E-state index in [1.165, 1.54) is 6.08 Å². The zero-order valence-corrected chi connectivity index (χ0v) is 9.30. The predicted octanol–water partition coefficient (Wildman–Crippen LogP) is 4.03. The van der Waals surface area contributed by atoms with E-state index in [-0.39, 0.29) is 0 Å². The second kappa shape index (κ2) is 5.45. The van der Waals surface area contributed by atoms with Gasteiger partial charge in [0.15, 0.2) is 0 Å². The third-order valence-corrected chi connectivity index (χ3v) is 2.34. The van der Waals surface area contributed by atoms with Crippen LogP contribution in [0.15, 0.2) is 36.4 Å². The summed E-state index contributed by atoms with van der Waals surface area (Å²) < 4.78 is 24.8. The molecule has 0 heterocycles. The van der Waals surface area contributed by atoms with Gasteiger partial charge < -0.3 is 5.11 Å². The summed E-state index contributed by atoms with van der Waals surface area (Å²) in [5.41, 5.74) is 2.94. The Bertz CT molecular complexity index is 409. The van der Waals surface area contributed by atoms with Crippen molar-refractivity contribution in [3.63, 3.8) is 0 Å². The van der Waals surface area contributed by atoms with E-state index in [9.17, 15) is 8.78 Å². The Morgan fingerprint density at radius 3 is 2.31 bits per heavy atom. The maximum atomic E-state index is 12.5. The number of alkyl halides is 1. The van der Waals surface area contributed by atoms with E-state index in [2.05, 4.69) is 0 Å². The largest absolute Gasteiger partial charge is 0.486 e. The molecule has 0 radical (unpaired) electrons. The molecule has 0 aromatic heterocycles. The van der Waals surface area contributed by atoms with Crippen LogP contribution in [0.25, 0.3) is 5.57 Å². The highest BCUT2D eigenvalue weighted by atomic mass is 19.1. The molecule has 0 aliphatic heterocycles. The van der Waals surface area contributed by atoms with E-state index in [1.54, 1.807) is 0 Å². The maximum absolute atomic E-state index is 12.5. The van der Waals surface area contributed by atoms with Gasteiger partial charge in [-0.1, -0.05) is 18.2 Å². The van der Waals surface area contributed by atoms with Crippen LogP contribution in [0, 0.1) is 13.8 Å². The Kier molecular flexibility index (Phi) is 4.23. The molecule has 1 rings (SSSR count). The molecule has 0 amide bonds. The molecule has 0 aliphatic rings. The zero-order valence-electron chi connectivity index (χ0n) is 9.30. The number of aryl methyl sites for hydroxylation is 2. The van der Waals surface area contributed by atoms with E-state index in [0.29, 0.717) is 5.57 Å². The van der Waals surface area contributed by atoms with Crippen molar-refractivity contribution in [2.75, 3.05) is 6.67 Å². The fourth-order valence-corrected chi connectivity index (χ4v) is 1.71. The van der Waals surface area contributed by atoms with Crippen LogP contribution in [0.2, 0.25) is 0 Å². The first-order valence-electron chi connectivity index (χ1n) is 4.95. The SMILES string of the molecule is Cc1cccc(C)c1C(/C=C(/O)F)=C/CF. The van der Waals surface area contributed by atoms with Crippen LogP contribution in [-0.2, 0) is 0 Å². The number of benzene rings is 1. The average Bonchev–Trinajstić information content (AvgIpc) is 2.16. The van der Waals surface area contributed by atoms with Gasteiger partial charge in [0.2, 0.25) is 0 Å². The molecule has 0 fully saturated rings. The van der Waals surface area contributed by atoms with E-state index in [0.717, 1.165) is 22.8 Å². The summed E-state index contributed by atoms with van der Waals surface area (Å²) in [7, 11) is 0. The lowest BCUT2D eigenvalue weighted by molar-refractivity contribution is 0.284. The molecule has 1 aromatic rings. The molecule has 1 N–H and O–H groups in total. The summed E-state index contributed by atoms with van der Waals surface area (Å²) in [4.78, 5) is 0. The summed E-state index contributed by atoms with van der Waals surface area (Å²) in [6.07, 6.45) is 2.17. The van der Waals surface area contributed by atoms with Gasteiger partial charge >= 0.3 is 0 Å². The zero-order chi connectivity index (χ0) is 12.1. The van der Waals surface area contributed by atoms with Gasteiger partial charge in [-0.15, -0.1) is 0 Å². The standard InChI is InChI=1S/C13H14F2O/c1-9-4-3-5-10(2)13(9)11(6-7-14)8-12(15)16/h3-6,8,16H,7H2,1-2H3/b11-6+,12-8+. The van der Waals surface area contributed by atoms with Crippen LogP contribution < -0.4 is 0 Å². The van der Waals surface area contributed by atoms with E-state index in [4.69, 9.17) is 5.11 Å². The third kappa shape index (κ3) is 2.92. The molecule has 16 heavy (non-hydrogen) atoms. The lowest BCUT2D eigenvalue weighted by Gasteiger charge is -2.10. The van der Waals surface area contributed by atoms with E-state index >= 15 is 0 Å². The quantitative estimate of drug-likeness (QED) is 0.607. The highest BCUT2D eigenvalue weighted by Gasteiger charge is 2.07. The summed E-state index contributed by atoms with van der Waals surface area (Å²) >= 11 is 0. The molecule has 0 saturated carbocycles. The monoisotopic (exact) mass is 224 g/mol. The second-order valence-corrected chi connectivity index (χ2v) is 3.55. The number of allylic oxidation sites excluding steroid dienone is 3. The fraction of sp³-hybridized carbons (Fsp3) is 0.231. The van der Waals surface area contributed by atoms with Gasteiger partial charge in [-0.25, -0.2) is 4.39 Å². The molecule has 86 valence electrons. The Morgan fingerprint density at radius 1 is 1.31 bits per heavy atom. The maximum Gasteiger partial charge on any atom is 0.270 e. The van der Waals surface area contributed by atoms with Crippen molar-refractivity contribution in [3.8, 4) is 0 Å². The van der Waals surface area contributed by atoms with Crippen molar-refractivity contribution in [1.82, 2.24) is 0 Å². The van der Waals surface area contributed by atoms with Crippen LogP contribution in [-0.4, -0.2) is 11.8 Å². The van der Waals surface area contributed by atoms with Gasteiger partial charge in [0, 0.05) is 6.08 Å². The van der Waals surface area contributed by atoms with Gasteiger partial charge in [-0.05, 0) is 42.2 Å². The smallest absolute Gasteiger partial charge is 0.270 e. The van der Waals surface area contributed by atoms with Crippen molar-refractivity contribution in [2.45, 2.75) is 13.8 Å². The molecular formula is C13H14F2O. The molecule has 3 heteroatoms. The summed E-state index contributed by atoms with van der Waals surface area (Å²) in [5, 5.41) is 8.62. The molecule has 0 unspecified atom stereocenters. The molecule has 0 atom stereocenters. The fourth-order valence-electron chi connectivity index (χ4n) is 1.71. The predicted molar refractivity (Wildman–Crippen MR) is 61.7 cm³/mol. The number of aliphatic hydroxyl groups is 1. The van der Waals surface area contributed by atoms with Crippen molar-refractivity contribution in [3.05, 3.63) is 53.1 Å². The minimum atomic E-state index is -1.32. The minimum Gasteiger partial charge on any atom is -0.486 e.